The van der Waals surface area contributed by atoms with Crippen LogP contribution in [0, 0.1) is 24.3 Å². The Labute approximate surface area is 568 Å². The van der Waals surface area contributed by atoms with Crippen molar-refractivity contribution in [3.05, 3.63) is 273 Å². The summed E-state index contributed by atoms with van der Waals surface area (Å²) >= 11 is 0. The molecule has 0 aliphatic carbocycles. The molecule has 91 heavy (non-hydrogen) atoms. The summed E-state index contributed by atoms with van der Waals surface area (Å²) in [4.78, 5) is 9.72. The van der Waals surface area contributed by atoms with Crippen molar-refractivity contribution in [3.63, 3.8) is 0 Å². The van der Waals surface area contributed by atoms with Gasteiger partial charge in [-0.2, -0.15) is 86.0 Å². The first kappa shape index (κ1) is 59.0. The van der Waals surface area contributed by atoms with Gasteiger partial charge >= 0.3 is 0 Å². The minimum atomic E-state index is -2.32. The van der Waals surface area contributed by atoms with Crippen molar-refractivity contribution >= 4 is 103 Å². The molecule has 0 radical (unpaired) electrons. The quantitative estimate of drug-likeness (QED) is 0.107. The van der Waals surface area contributed by atoms with Crippen LogP contribution < -0.4 is 20.7 Å². The van der Waals surface area contributed by atoms with Gasteiger partial charge in [-0.05, 0) is 93.4 Å². The molecule has 0 aliphatic heterocycles. The van der Waals surface area contributed by atoms with E-state index in [0.29, 0.717) is 5.52 Å². The summed E-state index contributed by atoms with van der Waals surface area (Å²) < 4.78 is 36.6. The minimum absolute atomic E-state index is 0. The van der Waals surface area contributed by atoms with Gasteiger partial charge in [-0.25, -0.2) is 23.7 Å². The largest absolute Gasteiger partial charge is 0.319 e. The maximum atomic E-state index is 8.08. The Morgan fingerprint density at radius 1 is 0.385 bits per heavy atom. The molecule has 9 aromatic carbocycles. The van der Waals surface area contributed by atoms with Crippen LogP contribution in [-0.4, -0.2) is 53.5 Å². The van der Waals surface area contributed by atoms with Gasteiger partial charge in [0.25, 0.3) is 0 Å². The topological polar surface area (TPSA) is 55.4 Å². The van der Waals surface area contributed by atoms with E-state index in [4.69, 9.17) is 14.1 Å². The number of hydrogen-bond acceptors (Lipinski definition) is 2. The Hall–Kier alpha value is -8.37. The van der Waals surface area contributed by atoms with Crippen LogP contribution in [0.25, 0.3) is 94.4 Å². The monoisotopic (exact) mass is 1580 g/mol. The SMILES string of the molecule is CC(C)(C)c1ccnc(-n2c3[c-]c([Si](C)(C)c4[c-]c(-n5[cH+]n(-c6ccccc6)c6ccccc65)ccc4)ccc3c3ccccc32)c1.[2H]C([2H])([2H])n1[cH+]n(-c2[c-]c([Si](C)(C)c3[c-]c4c(cc3)c3ccccc3n4-c3cc(C(C)(C)C)ccn3)ccc2)c2ccccc21.[Pt].[Pt]. The van der Waals surface area contributed by atoms with Crippen LogP contribution in [0.15, 0.2) is 237 Å². The number of aromatic nitrogens is 8. The van der Waals surface area contributed by atoms with Crippen LogP contribution >= 0.6 is 0 Å². The summed E-state index contributed by atoms with van der Waals surface area (Å²) in [7, 11) is -4.56. The number of hydrogen-bond donors (Lipinski definition) is 0. The van der Waals surface area contributed by atoms with Gasteiger partial charge in [-0.1, -0.05) is 145 Å². The van der Waals surface area contributed by atoms with E-state index in [0.717, 1.165) is 83.1 Å². The summed E-state index contributed by atoms with van der Waals surface area (Å²) in [5.41, 5.74) is 13.6. The van der Waals surface area contributed by atoms with E-state index in [-0.39, 0.29) is 53.0 Å². The first-order valence-corrected chi connectivity index (χ1v) is 36.6. The van der Waals surface area contributed by atoms with Crippen molar-refractivity contribution in [3.8, 4) is 28.7 Å². The van der Waals surface area contributed by atoms with Gasteiger partial charge < -0.3 is 9.13 Å². The van der Waals surface area contributed by atoms with Gasteiger partial charge in [0.15, 0.2) is 34.7 Å². The standard InChI is InChI=1S/C42H37N4Si.C37H35N4Si.2Pt/c1-42(2,3)30-24-25-43-41(26-30)46-37-19-10-9-18-35(37)36-23-22-34(28-40(36)46)47(4,5)33-17-13-16-32(27-33)45-29-44(31-14-7-6-8-15-31)38-20-11-12-21-39(38)45;1-37(2,3)26-20-21-38-36(22-26)41-32-15-8-7-14-30(32)31-19-18-29(24-35(31)41)42(5,6)28-13-11-12-27(23-28)40-25-39(4)33-16-9-10-17-34(33)40;;/h6-26,29H,1-5H3;7-22,25H,1-6H3;;/q2*-1;;/i;4D3;;. The smallest absolute Gasteiger partial charge is 0.188 e. The average Bonchev–Trinajstić information content (AvgIpc) is 1.56. The van der Waals surface area contributed by atoms with Crippen molar-refractivity contribution in [2.24, 2.45) is 6.98 Å². The number of benzene rings is 9. The molecule has 0 unspecified atom stereocenters. The maximum absolute atomic E-state index is 8.08. The van der Waals surface area contributed by atoms with Crippen LogP contribution in [0.2, 0.25) is 26.2 Å². The Balaban J connectivity index is 0.000000177. The van der Waals surface area contributed by atoms with E-state index in [1.54, 1.807) is 6.33 Å². The van der Waals surface area contributed by atoms with Crippen LogP contribution in [0.1, 0.15) is 56.8 Å². The Kier molecular flexibility index (Phi) is 15.8. The number of rotatable bonds is 9. The molecular weight excluding hydrogens is 1510 g/mol. The molecule has 0 amide bonds. The molecule has 0 fully saturated rings. The molecule has 0 spiro atoms. The Morgan fingerprint density at radius 2 is 0.780 bits per heavy atom. The van der Waals surface area contributed by atoms with E-state index in [9.17, 15) is 0 Å². The predicted molar refractivity (Wildman–Crippen MR) is 377 cm³/mol. The van der Waals surface area contributed by atoms with E-state index in [1.165, 1.54) is 42.2 Å². The van der Waals surface area contributed by atoms with Crippen LogP contribution in [0.3, 0.4) is 0 Å². The minimum Gasteiger partial charge on any atom is -0.319 e. The number of imidazole rings is 2. The number of para-hydroxylation sites is 7. The van der Waals surface area contributed by atoms with Gasteiger partial charge in [0, 0.05) is 112 Å². The first-order valence-electron chi connectivity index (χ1n) is 32.1. The molecule has 6 aromatic heterocycles. The van der Waals surface area contributed by atoms with Crippen molar-refractivity contribution in [1.29, 1.82) is 0 Å². The van der Waals surface area contributed by atoms with E-state index >= 15 is 0 Å². The first-order chi connectivity index (χ1) is 44.0. The molecule has 6 heterocycles. The second-order valence-corrected chi connectivity index (χ2v) is 35.1. The molecule has 0 bridgehead atoms. The molecule has 0 N–H and O–H groups in total. The molecule has 0 atom stereocenters. The van der Waals surface area contributed by atoms with Crippen LogP contribution in [-0.2, 0) is 59.9 Å². The van der Waals surface area contributed by atoms with Crippen molar-refractivity contribution in [2.45, 2.75) is 78.6 Å². The maximum Gasteiger partial charge on any atom is 0.188 e. The fourth-order valence-electron chi connectivity index (χ4n) is 12.6. The van der Waals surface area contributed by atoms with Gasteiger partial charge in [-0.3, -0.25) is 0 Å². The fraction of sp³-hybridized carbons (Fsp3) is 0.165. The summed E-state index contributed by atoms with van der Waals surface area (Å²) in [5.74, 6) is 1.81. The zero-order chi connectivity index (χ0) is 64.1. The molecule has 0 saturated carbocycles. The summed E-state index contributed by atoms with van der Waals surface area (Å²) in [6, 6.07) is 89.6. The molecule has 458 valence electrons. The number of pyridine rings is 2. The average molecular weight is 1580 g/mol. The molecule has 15 aromatic rings. The third-order valence-corrected chi connectivity index (χ3v) is 24.5. The van der Waals surface area contributed by atoms with Gasteiger partial charge in [0.2, 0.25) is 0 Å². The predicted octanol–water partition coefficient (Wildman–Crippen LogP) is 16.4. The van der Waals surface area contributed by atoms with Gasteiger partial charge in [0.05, 0.1) is 16.1 Å². The zero-order valence-corrected chi connectivity index (χ0v) is 59.3. The molecule has 0 saturated heterocycles. The summed E-state index contributed by atoms with van der Waals surface area (Å²) in [5, 5.41) is 9.49. The fourth-order valence-corrected chi connectivity index (χ4v) is 17.0. The molecule has 12 heteroatoms. The molecule has 15 rings (SSSR count). The van der Waals surface area contributed by atoms with Gasteiger partial charge in [0.1, 0.15) is 17.3 Å². The van der Waals surface area contributed by atoms with Crippen molar-refractivity contribution in [2.75, 3.05) is 0 Å². The summed E-state index contributed by atoms with van der Waals surface area (Å²) in [6.45, 7) is 20.6. The number of fused-ring (bicyclic) bond motifs is 8. The van der Waals surface area contributed by atoms with Crippen LogP contribution in [0.4, 0.5) is 0 Å². The number of aryl methyl sites for hydroxylation is 1. The third kappa shape index (κ3) is 11.3. The summed E-state index contributed by atoms with van der Waals surface area (Å²) in [6.07, 6.45) is 7.68. The Bertz CT molecular complexity index is 5340. The Morgan fingerprint density at radius 3 is 1.24 bits per heavy atom. The second kappa shape index (κ2) is 24.3. The van der Waals surface area contributed by atoms with Gasteiger partial charge in [-0.15, -0.1) is 35.0 Å². The van der Waals surface area contributed by atoms with E-state index in [1.807, 2.05) is 53.4 Å². The van der Waals surface area contributed by atoms with Crippen LogP contribution in [0.5, 0.6) is 0 Å². The second-order valence-electron chi connectivity index (χ2n) is 26.5. The number of nitrogens with zero attached hydrogens (tertiary/aromatic N) is 8. The molecule has 0 aliphatic rings. The van der Waals surface area contributed by atoms with E-state index in [2.05, 4.69) is 293 Å². The van der Waals surface area contributed by atoms with Crippen molar-refractivity contribution < 1.29 is 46.2 Å². The molecular formula is C79H72N8Pt2Si2-2. The zero-order valence-electron chi connectivity index (χ0n) is 55.7. The third-order valence-electron chi connectivity index (χ3n) is 17.9. The van der Waals surface area contributed by atoms with Crippen molar-refractivity contribution in [1.82, 2.24) is 37.4 Å². The van der Waals surface area contributed by atoms with E-state index < -0.39 is 23.1 Å². The molecule has 8 nitrogen and oxygen atoms in total. The normalized spacial score (nSPS) is 12.8.